The van der Waals surface area contributed by atoms with Gasteiger partial charge in [-0.25, -0.2) is 14.0 Å². The number of rotatable bonds is 9. The molecule has 2 atom stereocenters. The SMILES string of the molecule is CCOC(=O)C(Br)(CC1OC=CC1(C(=O)c1ccccc1)c1ccccc1F)C(=O)OCC. The van der Waals surface area contributed by atoms with E-state index < -0.39 is 39.4 Å². The molecule has 0 saturated heterocycles. The standard InChI is InChI=1S/C25H24BrFO6/c1-3-31-22(29)25(26,23(30)32-4-2)16-20-24(14-15-33-20,18-12-8-9-13-19(18)27)21(28)17-10-6-5-7-11-17/h5-15,20H,3-4,16H2,1-2H3. The number of hydrogen-bond donors (Lipinski definition) is 0. The second-order valence-electron chi connectivity index (χ2n) is 7.42. The minimum atomic E-state index is -1.96. The van der Waals surface area contributed by atoms with E-state index in [-0.39, 0.29) is 25.2 Å². The predicted octanol–water partition coefficient (Wildman–Crippen LogP) is 4.51. The average Bonchev–Trinajstić information content (AvgIpc) is 3.23. The number of hydrogen-bond acceptors (Lipinski definition) is 6. The van der Waals surface area contributed by atoms with E-state index in [0.717, 1.165) is 0 Å². The van der Waals surface area contributed by atoms with Crippen molar-refractivity contribution in [3.63, 3.8) is 0 Å². The highest BCUT2D eigenvalue weighted by molar-refractivity contribution is 9.10. The second kappa shape index (κ2) is 10.3. The molecular formula is C25H24BrFO6. The van der Waals surface area contributed by atoms with Crippen LogP contribution in [0.15, 0.2) is 66.9 Å². The van der Waals surface area contributed by atoms with Crippen molar-refractivity contribution in [1.29, 1.82) is 0 Å². The highest BCUT2D eigenvalue weighted by Gasteiger charge is 2.57. The molecule has 0 aromatic heterocycles. The van der Waals surface area contributed by atoms with E-state index in [1.807, 2.05) is 0 Å². The zero-order chi connectivity index (χ0) is 24.1. The molecule has 1 aliphatic heterocycles. The Balaban J connectivity index is 2.14. The fourth-order valence-corrected chi connectivity index (χ4v) is 4.42. The molecule has 0 radical (unpaired) electrons. The average molecular weight is 519 g/mol. The summed E-state index contributed by atoms with van der Waals surface area (Å²) in [6, 6.07) is 14.3. The van der Waals surface area contributed by atoms with Crippen LogP contribution in [0.25, 0.3) is 0 Å². The number of benzene rings is 2. The van der Waals surface area contributed by atoms with E-state index >= 15 is 4.39 Å². The van der Waals surface area contributed by atoms with Crippen LogP contribution in [0.3, 0.4) is 0 Å². The van der Waals surface area contributed by atoms with Gasteiger partial charge in [0, 0.05) is 17.5 Å². The largest absolute Gasteiger partial charge is 0.496 e. The first-order valence-electron chi connectivity index (χ1n) is 10.5. The smallest absolute Gasteiger partial charge is 0.334 e. The molecule has 0 fully saturated rings. The summed E-state index contributed by atoms with van der Waals surface area (Å²) in [6.07, 6.45) is 1.30. The third-order valence-electron chi connectivity index (χ3n) is 5.48. The van der Waals surface area contributed by atoms with Crippen molar-refractivity contribution in [2.75, 3.05) is 13.2 Å². The summed E-state index contributed by atoms with van der Waals surface area (Å²) in [5.41, 5.74) is -1.24. The zero-order valence-corrected chi connectivity index (χ0v) is 19.8. The third-order valence-corrected chi connectivity index (χ3v) is 6.45. The molecule has 6 nitrogen and oxygen atoms in total. The summed E-state index contributed by atoms with van der Waals surface area (Å²) < 4.78 is 29.1. The summed E-state index contributed by atoms with van der Waals surface area (Å²) in [4.78, 5) is 39.5. The molecule has 3 rings (SSSR count). The van der Waals surface area contributed by atoms with Crippen molar-refractivity contribution in [1.82, 2.24) is 0 Å². The number of Topliss-reactive ketones (excluding diaryl/α,β-unsaturated/α-hetero) is 1. The number of carbonyl (C=O) groups excluding carboxylic acids is 3. The topological polar surface area (TPSA) is 78.9 Å². The van der Waals surface area contributed by atoms with E-state index in [9.17, 15) is 14.4 Å². The fraction of sp³-hybridized carbons (Fsp3) is 0.320. The van der Waals surface area contributed by atoms with Gasteiger partial charge in [-0.05, 0) is 26.0 Å². The first kappa shape index (κ1) is 24.6. The van der Waals surface area contributed by atoms with Crippen LogP contribution >= 0.6 is 15.9 Å². The maximum atomic E-state index is 15.1. The molecule has 2 aromatic carbocycles. The van der Waals surface area contributed by atoms with Crippen molar-refractivity contribution in [3.8, 4) is 0 Å². The number of halogens is 2. The molecule has 1 heterocycles. The van der Waals surface area contributed by atoms with Crippen molar-refractivity contribution in [3.05, 3.63) is 83.9 Å². The van der Waals surface area contributed by atoms with Gasteiger partial charge in [0.25, 0.3) is 0 Å². The summed E-state index contributed by atoms with van der Waals surface area (Å²) in [6.45, 7) is 3.26. The molecule has 1 aliphatic rings. The van der Waals surface area contributed by atoms with Gasteiger partial charge in [0.2, 0.25) is 4.32 Å². The molecular weight excluding hydrogens is 495 g/mol. The molecule has 0 aliphatic carbocycles. The van der Waals surface area contributed by atoms with Gasteiger partial charge < -0.3 is 14.2 Å². The van der Waals surface area contributed by atoms with E-state index in [0.29, 0.717) is 5.56 Å². The van der Waals surface area contributed by atoms with Crippen LogP contribution in [0, 0.1) is 5.82 Å². The summed E-state index contributed by atoms with van der Waals surface area (Å²) in [5.74, 6) is -2.81. The number of ether oxygens (including phenoxy) is 3. The predicted molar refractivity (Wildman–Crippen MR) is 122 cm³/mol. The van der Waals surface area contributed by atoms with Crippen molar-refractivity contribution >= 4 is 33.7 Å². The lowest BCUT2D eigenvalue weighted by Crippen LogP contribution is -2.52. The Morgan fingerprint density at radius 3 is 2.15 bits per heavy atom. The Morgan fingerprint density at radius 2 is 1.58 bits per heavy atom. The Labute approximate surface area is 199 Å². The molecule has 33 heavy (non-hydrogen) atoms. The van der Waals surface area contributed by atoms with Crippen LogP contribution in [-0.4, -0.2) is 41.4 Å². The Kier molecular flexibility index (Phi) is 7.68. The second-order valence-corrected chi connectivity index (χ2v) is 8.77. The Morgan fingerprint density at radius 1 is 1.00 bits per heavy atom. The summed E-state index contributed by atoms with van der Waals surface area (Å²) in [7, 11) is 0. The van der Waals surface area contributed by atoms with Crippen LogP contribution in [0.5, 0.6) is 0 Å². The third kappa shape index (κ3) is 4.57. The Hall–Kier alpha value is -3.00. The Bertz CT molecular complexity index is 1040. The van der Waals surface area contributed by atoms with Crippen LogP contribution in [0.1, 0.15) is 36.2 Å². The normalized spacial score (nSPS) is 19.6. The molecule has 0 N–H and O–H groups in total. The molecule has 0 saturated carbocycles. The number of alkyl halides is 1. The molecule has 8 heteroatoms. The quantitative estimate of drug-likeness (QED) is 0.210. The number of carbonyl (C=O) groups is 3. The number of ketones is 1. The lowest BCUT2D eigenvalue weighted by atomic mass is 9.69. The molecule has 0 amide bonds. The highest BCUT2D eigenvalue weighted by atomic mass is 79.9. The van der Waals surface area contributed by atoms with E-state index in [2.05, 4.69) is 15.9 Å². The lowest BCUT2D eigenvalue weighted by molar-refractivity contribution is -0.159. The van der Waals surface area contributed by atoms with Gasteiger partial charge in [-0.1, -0.05) is 64.5 Å². The van der Waals surface area contributed by atoms with E-state index in [1.165, 1.54) is 30.5 Å². The van der Waals surface area contributed by atoms with E-state index in [1.54, 1.807) is 50.2 Å². The first-order chi connectivity index (χ1) is 15.8. The van der Waals surface area contributed by atoms with Gasteiger partial charge in [0.05, 0.1) is 19.5 Å². The van der Waals surface area contributed by atoms with Crippen molar-refractivity contribution in [2.45, 2.75) is 36.1 Å². The molecule has 0 bridgehead atoms. The molecule has 2 unspecified atom stereocenters. The molecule has 174 valence electrons. The van der Waals surface area contributed by atoms with Crippen molar-refractivity contribution < 1.29 is 33.0 Å². The maximum absolute atomic E-state index is 15.1. The van der Waals surface area contributed by atoms with Crippen LogP contribution in [0.2, 0.25) is 0 Å². The molecule has 0 spiro atoms. The van der Waals surface area contributed by atoms with Crippen molar-refractivity contribution in [2.24, 2.45) is 0 Å². The van der Waals surface area contributed by atoms with Crippen LogP contribution < -0.4 is 0 Å². The monoisotopic (exact) mass is 518 g/mol. The first-order valence-corrected chi connectivity index (χ1v) is 11.3. The van der Waals surface area contributed by atoms with Gasteiger partial charge in [-0.2, -0.15) is 0 Å². The summed E-state index contributed by atoms with van der Waals surface area (Å²) >= 11 is 3.21. The highest BCUT2D eigenvalue weighted by Crippen LogP contribution is 2.45. The van der Waals surface area contributed by atoms with Gasteiger partial charge in [-0.3, -0.25) is 4.79 Å². The summed E-state index contributed by atoms with van der Waals surface area (Å²) in [5, 5.41) is 0. The van der Waals surface area contributed by atoms with E-state index in [4.69, 9.17) is 14.2 Å². The van der Waals surface area contributed by atoms with Gasteiger partial charge >= 0.3 is 11.9 Å². The maximum Gasteiger partial charge on any atom is 0.334 e. The lowest BCUT2D eigenvalue weighted by Gasteiger charge is -2.36. The number of esters is 2. The van der Waals surface area contributed by atoms with Crippen LogP contribution in [0.4, 0.5) is 4.39 Å². The van der Waals surface area contributed by atoms with Gasteiger partial charge in [0.1, 0.15) is 17.3 Å². The van der Waals surface area contributed by atoms with Gasteiger partial charge in [0.15, 0.2) is 5.78 Å². The van der Waals surface area contributed by atoms with Crippen LogP contribution in [-0.2, 0) is 29.2 Å². The minimum absolute atomic E-state index is 0.0246. The zero-order valence-electron chi connectivity index (χ0n) is 18.3. The van der Waals surface area contributed by atoms with Gasteiger partial charge in [-0.15, -0.1) is 0 Å². The molecule has 2 aromatic rings. The fourth-order valence-electron chi connectivity index (χ4n) is 3.89. The minimum Gasteiger partial charge on any atom is -0.496 e.